The third-order valence-electron chi connectivity index (χ3n) is 5.44. The first-order chi connectivity index (χ1) is 16.1. The fourth-order valence-electron chi connectivity index (χ4n) is 3.59. The van der Waals surface area contributed by atoms with Crippen LogP contribution in [0, 0.1) is 0 Å². The number of rotatable bonds is 6. The summed E-state index contributed by atoms with van der Waals surface area (Å²) in [6.45, 7) is 1.44. The molecule has 0 aliphatic carbocycles. The number of nitrogens with one attached hydrogen (secondary N) is 1. The first-order valence-electron chi connectivity index (χ1n) is 10.4. The fraction of sp³-hybridized carbons (Fsp3) is 0.217. The summed E-state index contributed by atoms with van der Waals surface area (Å²) in [4.78, 5) is 29.1. The highest BCUT2D eigenvalue weighted by molar-refractivity contribution is 7.90. The topological polar surface area (TPSA) is 113 Å². The molecular weight excluding hydrogens is 454 g/mol. The van der Waals surface area contributed by atoms with Crippen LogP contribution in [-0.2, 0) is 21.7 Å². The highest BCUT2D eigenvalue weighted by Crippen LogP contribution is 2.32. The normalized spacial score (nSPS) is 11.4. The number of amides is 1. The van der Waals surface area contributed by atoms with Crippen LogP contribution in [0.4, 0.5) is 29.1 Å². The Morgan fingerprint density at radius 2 is 1.76 bits per heavy atom. The van der Waals surface area contributed by atoms with Gasteiger partial charge in [-0.2, -0.15) is 4.98 Å². The summed E-state index contributed by atoms with van der Waals surface area (Å²) < 4.78 is 25.7. The van der Waals surface area contributed by atoms with Crippen molar-refractivity contribution in [3.05, 3.63) is 54.7 Å². The Hall–Kier alpha value is -3.99. The summed E-state index contributed by atoms with van der Waals surface area (Å²) in [5.41, 5.74) is 3.02. The second-order valence-electron chi connectivity index (χ2n) is 7.92. The van der Waals surface area contributed by atoms with Crippen molar-refractivity contribution in [3.8, 4) is 0 Å². The molecular formula is C23H25N7O3S. The van der Waals surface area contributed by atoms with Gasteiger partial charge in [0.1, 0.15) is 11.3 Å². The zero-order valence-corrected chi connectivity index (χ0v) is 20.3. The molecule has 0 saturated carbocycles. The largest absolute Gasteiger partial charge is 0.327 e. The Bertz CT molecular complexity index is 1500. The van der Waals surface area contributed by atoms with E-state index in [1.54, 1.807) is 48.5 Å². The number of carbonyl (C=O) groups is 1. The summed E-state index contributed by atoms with van der Waals surface area (Å²) in [5, 5.41) is 2.75. The molecule has 4 rings (SSSR count). The van der Waals surface area contributed by atoms with Gasteiger partial charge in [-0.1, -0.05) is 12.1 Å². The predicted molar refractivity (Wildman–Crippen MR) is 133 cm³/mol. The molecule has 0 bridgehead atoms. The van der Waals surface area contributed by atoms with E-state index in [4.69, 9.17) is 0 Å². The first kappa shape index (κ1) is 23.2. The summed E-state index contributed by atoms with van der Waals surface area (Å²) in [5.74, 6) is 1.28. The minimum absolute atomic E-state index is 0.197. The minimum atomic E-state index is -3.34. The maximum Gasteiger partial charge on any atom is 0.231 e. The van der Waals surface area contributed by atoms with Crippen LogP contribution in [0.1, 0.15) is 6.92 Å². The number of anilines is 5. The van der Waals surface area contributed by atoms with E-state index >= 15 is 0 Å². The molecule has 0 atom stereocenters. The van der Waals surface area contributed by atoms with Crippen LogP contribution in [0.2, 0.25) is 0 Å². The molecule has 4 aromatic rings. The van der Waals surface area contributed by atoms with E-state index in [9.17, 15) is 13.2 Å². The molecule has 0 saturated heterocycles. The van der Waals surface area contributed by atoms with E-state index in [2.05, 4.69) is 20.3 Å². The zero-order valence-electron chi connectivity index (χ0n) is 19.5. The van der Waals surface area contributed by atoms with Crippen molar-refractivity contribution in [2.24, 2.45) is 7.05 Å². The lowest BCUT2D eigenvalue weighted by molar-refractivity contribution is -0.114. The Morgan fingerprint density at radius 3 is 2.47 bits per heavy atom. The molecule has 2 aromatic carbocycles. The van der Waals surface area contributed by atoms with Crippen molar-refractivity contribution in [1.82, 2.24) is 19.5 Å². The van der Waals surface area contributed by atoms with Gasteiger partial charge in [-0.3, -0.25) is 10.1 Å². The number of nitrogens with zero attached hydrogens (tertiary/aromatic N) is 6. The van der Waals surface area contributed by atoms with Crippen LogP contribution in [0.3, 0.4) is 0 Å². The number of carbonyl (C=O) groups excluding carboxylic acids is 1. The quantitative estimate of drug-likeness (QED) is 0.448. The molecule has 0 spiro atoms. The molecule has 34 heavy (non-hydrogen) atoms. The maximum absolute atomic E-state index is 11.9. The van der Waals surface area contributed by atoms with Crippen LogP contribution in [0.25, 0.3) is 11.0 Å². The van der Waals surface area contributed by atoms with Crippen LogP contribution < -0.4 is 15.1 Å². The average Bonchev–Trinajstić information content (AvgIpc) is 3.12. The highest BCUT2D eigenvalue weighted by Gasteiger charge is 2.18. The van der Waals surface area contributed by atoms with Gasteiger partial charge < -0.3 is 14.4 Å². The van der Waals surface area contributed by atoms with Gasteiger partial charge in [-0.05, 0) is 36.4 Å². The molecule has 0 radical (unpaired) electrons. The van der Waals surface area contributed by atoms with Crippen molar-refractivity contribution < 1.29 is 13.2 Å². The Balaban J connectivity index is 1.71. The summed E-state index contributed by atoms with van der Waals surface area (Å²) in [6, 6.07) is 14.2. The number of imidazole rings is 1. The van der Waals surface area contributed by atoms with Gasteiger partial charge in [0.25, 0.3) is 0 Å². The molecule has 176 valence electrons. The smallest absolute Gasteiger partial charge is 0.231 e. The van der Waals surface area contributed by atoms with Crippen molar-refractivity contribution in [3.63, 3.8) is 0 Å². The van der Waals surface area contributed by atoms with Gasteiger partial charge in [0.05, 0.1) is 16.1 Å². The first-order valence-corrected chi connectivity index (χ1v) is 12.3. The lowest BCUT2D eigenvalue weighted by Gasteiger charge is -2.22. The van der Waals surface area contributed by atoms with E-state index in [0.717, 1.165) is 11.2 Å². The van der Waals surface area contributed by atoms with E-state index in [0.29, 0.717) is 28.9 Å². The van der Waals surface area contributed by atoms with E-state index in [-0.39, 0.29) is 10.8 Å². The average molecular weight is 480 g/mol. The van der Waals surface area contributed by atoms with Crippen LogP contribution in [0.15, 0.2) is 59.6 Å². The Kier molecular flexibility index (Phi) is 5.96. The number of fused-ring (bicyclic) bond motifs is 1. The zero-order chi connectivity index (χ0) is 24.6. The molecule has 1 amide bonds. The van der Waals surface area contributed by atoms with Gasteiger partial charge in [0, 0.05) is 46.2 Å². The number of aromatic nitrogens is 4. The second-order valence-corrected chi connectivity index (χ2v) is 9.94. The Labute approximate surface area is 197 Å². The van der Waals surface area contributed by atoms with Gasteiger partial charge in [0.2, 0.25) is 17.8 Å². The number of aryl methyl sites for hydroxylation is 1. The standard InChI is InChI=1S/C23H25N7O3S/c1-15(31)25-23-27-21-18(10-7-11-19(21)30(23)4)29(3)20-12-13-24-22(26-20)28(2)16-8-6-9-17(14-16)34(5,32)33/h6-14H,1-5H3,(H,25,27,31). The molecule has 2 aromatic heterocycles. The monoisotopic (exact) mass is 479 g/mol. The highest BCUT2D eigenvalue weighted by atomic mass is 32.2. The third kappa shape index (κ3) is 4.42. The summed E-state index contributed by atoms with van der Waals surface area (Å²) in [7, 11) is 2.15. The third-order valence-corrected chi connectivity index (χ3v) is 6.55. The van der Waals surface area contributed by atoms with Gasteiger partial charge in [-0.15, -0.1) is 0 Å². The number of benzene rings is 2. The van der Waals surface area contributed by atoms with E-state index < -0.39 is 9.84 Å². The molecule has 11 heteroatoms. The number of para-hydroxylation sites is 1. The second kappa shape index (κ2) is 8.75. The van der Waals surface area contributed by atoms with Crippen molar-refractivity contribution in [2.45, 2.75) is 11.8 Å². The van der Waals surface area contributed by atoms with Crippen molar-refractivity contribution in [1.29, 1.82) is 0 Å². The summed E-state index contributed by atoms with van der Waals surface area (Å²) in [6.07, 6.45) is 2.82. The van der Waals surface area contributed by atoms with Crippen molar-refractivity contribution in [2.75, 3.05) is 35.5 Å². The predicted octanol–water partition coefficient (Wildman–Crippen LogP) is 3.26. The molecule has 0 fully saturated rings. The lowest BCUT2D eigenvalue weighted by atomic mass is 10.2. The lowest BCUT2D eigenvalue weighted by Crippen LogP contribution is -2.17. The molecule has 10 nitrogen and oxygen atoms in total. The van der Waals surface area contributed by atoms with Crippen LogP contribution >= 0.6 is 0 Å². The van der Waals surface area contributed by atoms with Crippen LogP contribution in [-0.4, -0.2) is 54.2 Å². The van der Waals surface area contributed by atoms with Crippen molar-refractivity contribution >= 4 is 55.9 Å². The molecule has 0 aliphatic rings. The number of hydrogen-bond donors (Lipinski definition) is 1. The molecule has 2 heterocycles. The summed E-state index contributed by atoms with van der Waals surface area (Å²) >= 11 is 0. The fourth-order valence-corrected chi connectivity index (χ4v) is 4.25. The van der Waals surface area contributed by atoms with E-state index in [1.165, 1.54) is 13.2 Å². The molecule has 1 N–H and O–H groups in total. The molecule has 0 aliphatic heterocycles. The van der Waals surface area contributed by atoms with Gasteiger partial charge >= 0.3 is 0 Å². The Morgan fingerprint density at radius 1 is 1.03 bits per heavy atom. The van der Waals surface area contributed by atoms with E-state index in [1.807, 2.05) is 41.8 Å². The maximum atomic E-state index is 11.9. The SMILES string of the molecule is CC(=O)Nc1nc2c(N(C)c3ccnc(N(C)c4cccc(S(C)(=O)=O)c4)n3)cccc2n1C. The minimum Gasteiger partial charge on any atom is -0.327 e. The number of hydrogen-bond acceptors (Lipinski definition) is 8. The molecule has 0 unspecified atom stereocenters. The number of sulfone groups is 1. The van der Waals surface area contributed by atoms with Gasteiger partial charge in [0.15, 0.2) is 9.84 Å². The van der Waals surface area contributed by atoms with Crippen LogP contribution in [0.5, 0.6) is 0 Å². The van der Waals surface area contributed by atoms with Gasteiger partial charge in [-0.25, -0.2) is 18.4 Å².